The van der Waals surface area contributed by atoms with E-state index in [4.69, 9.17) is 17.3 Å². The first-order valence-electron chi connectivity index (χ1n) is 7.96. The summed E-state index contributed by atoms with van der Waals surface area (Å²) in [6, 6.07) is 4.88. The van der Waals surface area contributed by atoms with Crippen molar-refractivity contribution in [2.24, 2.45) is 0 Å². The van der Waals surface area contributed by atoms with E-state index in [2.05, 4.69) is 20.6 Å². The van der Waals surface area contributed by atoms with Gasteiger partial charge in [-0.3, -0.25) is 9.69 Å². The van der Waals surface area contributed by atoms with E-state index < -0.39 is 11.4 Å². The number of rotatable bonds is 3. The first-order valence-corrected chi connectivity index (χ1v) is 8.34. The van der Waals surface area contributed by atoms with Crippen LogP contribution in [0.3, 0.4) is 0 Å². The van der Waals surface area contributed by atoms with Gasteiger partial charge in [0.2, 0.25) is 5.95 Å². The Balaban J connectivity index is 1.82. The van der Waals surface area contributed by atoms with Gasteiger partial charge in [-0.05, 0) is 38.5 Å². The Kier molecular flexibility index (Phi) is 4.45. The Morgan fingerprint density at radius 2 is 2.15 bits per heavy atom. The quantitative estimate of drug-likeness (QED) is 0.764. The van der Waals surface area contributed by atoms with Crippen LogP contribution in [-0.4, -0.2) is 34.0 Å². The number of nitrogens with two attached hydrogens (primary N) is 1. The van der Waals surface area contributed by atoms with Crippen molar-refractivity contribution in [3.63, 3.8) is 0 Å². The van der Waals surface area contributed by atoms with Gasteiger partial charge in [-0.1, -0.05) is 17.7 Å². The fourth-order valence-corrected chi connectivity index (χ4v) is 2.81. The van der Waals surface area contributed by atoms with E-state index in [0.29, 0.717) is 17.3 Å². The van der Waals surface area contributed by atoms with Crippen molar-refractivity contribution in [1.29, 1.82) is 0 Å². The highest BCUT2D eigenvalue weighted by Gasteiger charge is 2.37. The summed E-state index contributed by atoms with van der Waals surface area (Å²) in [6.07, 6.45) is 1.31. The number of hydrogen-bond donors (Lipinski definition) is 3. The van der Waals surface area contributed by atoms with Gasteiger partial charge in [0, 0.05) is 16.9 Å². The van der Waals surface area contributed by atoms with E-state index in [9.17, 15) is 9.59 Å². The number of halogens is 1. The molecule has 0 unspecified atom stereocenters. The molecule has 2 heterocycles. The number of carbonyl (C=O) groups excluding carboxylic acids is 2. The third-order valence-electron chi connectivity index (χ3n) is 3.98. The topological polar surface area (TPSA) is 113 Å². The van der Waals surface area contributed by atoms with Gasteiger partial charge in [0.25, 0.3) is 5.91 Å². The standard InChI is InChI=1S/C17H19ClN6O2/c1-9-4-5-10(18)6-12(9)21-14(25)11-7-20-15(22-13(11)19)24-8-17(2,3)23-16(24)26/h4-7H,8H2,1-3H3,(H,21,25)(H,23,26)(H2,19,20,22). The number of aromatic nitrogens is 2. The molecule has 26 heavy (non-hydrogen) atoms. The van der Waals surface area contributed by atoms with E-state index in [0.717, 1.165) is 5.56 Å². The van der Waals surface area contributed by atoms with Crippen LogP contribution in [0.5, 0.6) is 0 Å². The Bertz CT molecular complexity index is 899. The number of hydrogen-bond acceptors (Lipinski definition) is 5. The highest BCUT2D eigenvalue weighted by atomic mass is 35.5. The van der Waals surface area contributed by atoms with Crippen LogP contribution in [0.25, 0.3) is 0 Å². The summed E-state index contributed by atoms with van der Waals surface area (Å²) in [5, 5.41) is 6.07. The average Bonchev–Trinajstić information content (AvgIpc) is 2.83. The van der Waals surface area contributed by atoms with Crippen LogP contribution in [0.15, 0.2) is 24.4 Å². The van der Waals surface area contributed by atoms with Crippen LogP contribution < -0.4 is 21.3 Å². The molecule has 8 nitrogen and oxygen atoms in total. The van der Waals surface area contributed by atoms with Crippen molar-refractivity contribution in [2.75, 3.05) is 22.5 Å². The smallest absolute Gasteiger partial charge is 0.324 e. The van der Waals surface area contributed by atoms with Crippen molar-refractivity contribution in [3.8, 4) is 0 Å². The van der Waals surface area contributed by atoms with Gasteiger partial charge in [0.05, 0.1) is 12.1 Å². The fraction of sp³-hybridized carbons (Fsp3) is 0.294. The molecule has 0 bridgehead atoms. The zero-order valence-corrected chi connectivity index (χ0v) is 15.4. The Hall–Kier alpha value is -2.87. The second-order valence-corrected chi connectivity index (χ2v) is 7.22. The van der Waals surface area contributed by atoms with Gasteiger partial charge in [0.1, 0.15) is 11.4 Å². The molecule has 0 aliphatic carbocycles. The lowest BCUT2D eigenvalue weighted by molar-refractivity contribution is 0.102. The molecule has 1 aromatic heterocycles. The van der Waals surface area contributed by atoms with Gasteiger partial charge in [-0.25, -0.2) is 9.78 Å². The minimum Gasteiger partial charge on any atom is -0.383 e. The molecule has 0 atom stereocenters. The summed E-state index contributed by atoms with van der Waals surface area (Å²) in [7, 11) is 0. The molecule has 136 valence electrons. The number of urea groups is 1. The highest BCUT2D eigenvalue weighted by molar-refractivity contribution is 6.31. The lowest BCUT2D eigenvalue weighted by atomic mass is 10.1. The van der Waals surface area contributed by atoms with Gasteiger partial charge in [-0.15, -0.1) is 0 Å². The third-order valence-corrected chi connectivity index (χ3v) is 4.22. The lowest BCUT2D eigenvalue weighted by Gasteiger charge is -2.17. The van der Waals surface area contributed by atoms with Crippen molar-refractivity contribution in [1.82, 2.24) is 15.3 Å². The number of carbonyl (C=O) groups is 2. The molecule has 9 heteroatoms. The Morgan fingerprint density at radius 1 is 1.42 bits per heavy atom. The Labute approximate surface area is 155 Å². The van der Waals surface area contributed by atoms with E-state index >= 15 is 0 Å². The maximum absolute atomic E-state index is 12.5. The molecular weight excluding hydrogens is 356 g/mol. The van der Waals surface area contributed by atoms with Crippen molar-refractivity contribution >= 4 is 41.0 Å². The van der Waals surface area contributed by atoms with Crippen LogP contribution >= 0.6 is 11.6 Å². The molecule has 0 radical (unpaired) electrons. The molecule has 1 fully saturated rings. The summed E-state index contributed by atoms with van der Waals surface area (Å²) in [5.41, 5.74) is 7.08. The molecule has 3 rings (SSSR count). The lowest BCUT2D eigenvalue weighted by Crippen LogP contribution is -2.36. The van der Waals surface area contributed by atoms with E-state index in [1.807, 2.05) is 20.8 Å². The largest absolute Gasteiger partial charge is 0.383 e. The SMILES string of the molecule is Cc1ccc(Cl)cc1NC(=O)c1cnc(N2CC(C)(C)NC2=O)nc1N. The molecule has 3 amide bonds. The molecule has 0 saturated carbocycles. The number of nitrogens with one attached hydrogen (secondary N) is 2. The van der Waals surface area contributed by atoms with Crippen LogP contribution in [0, 0.1) is 6.92 Å². The van der Waals surface area contributed by atoms with E-state index in [1.54, 1.807) is 18.2 Å². The summed E-state index contributed by atoms with van der Waals surface area (Å²) in [5.74, 6) is -0.309. The number of benzene rings is 1. The van der Waals surface area contributed by atoms with Gasteiger partial charge >= 0.3 is 6.03 Å². The van der Waals surface area contributed by atoms with Crippen LogP contribution in [0.4, 0.5) is 22.2 Å². The fourth-order valence-electron chi connectivity index (χ4n) is 2.63. The van der Waals surface area contributed by atoms with Crippen LogP contribution in [0.1, 0.15) is 29.8 Å². The molecule has 1 aliphatic rings. The zero-order valence-electron chi connectivity index (χ0n) is 14.6. The van der Waals surface area contributed by atoms with E-state index in [1.165, 1.54) is 11.1 Å². The summed E-state index contributed by atoms with van der Waals surface area (Å²) in [4.78, 5) is 34.2. The minimum absolute atomic E-state index is 0.00955. The van der Waals surface area contributed by atoms with Crippen LogP contribution in [0.2, 0.25) is 5.02 Å². The monoisotopic (exact) mass is 374 g/mol. The molecule has 0 spiro atoms. The van der Waals surface area contributed by atoms with E-state index in [-0.39, 0.29) is 23.4 Å². The van der Waals surface area contributed by atoms with Crippen LogP contribution in [-0.2, 0) is 0 Å². The number of anilines is 3. The second-order valence-electron chi connectivity index (χ2n) is 6.78. The van der Waals surface area contributed by atoms with Crippen molar-refractivity contribution in [3.05, 3.63) is 40.5 Å². The maximum atomic E-state index is 12.5. The molecular formula is C17H19ClN6O2. The molecule has 4 N–H and O–H groups in total. The number of aryl methyl sites for hydroxylation is 1. The first-order chi connectivity index (χ1) is 12.2. The summed E-state index contributed by atoms with van der Waals surface area (Å²) >= 11 is 5.96. The van der Waals surface area contributed by atoms with Crippen molar-refractivity contribution < 1.29 is 9.59 Å². The molecule has 1 aliphatic heterocycles. The molecule has 1 aromatic carbocycles. The van der Waals surface area contributed by atoms with Gasteiger partial charge < -0.3 is 16.4 Å². The maximum Gasteiger partial charge on any atom is 0.324 e. The predicted molar refractivity (Wildman–Crippen MR) is 101 cm³/mol. The number of nitrogens with zero attached hydrogens (tertiary/aromatic N) is 3. The number of nitrogen functional groups attached to an aromatic ring is 1. The average molecular weight is 375 g/mol. The Morgan fingerprint density at radius 3 is 2.77 bits per heavy atom. The minimum atomic E-state index is -0.453. The van der Waals surface area contributed by atoms with Gasteiger partial charge in [-0.2, -0.15) is 4.98 Å². The highest BCUT2D eigenvalue weighted by Crippen LogP contribution is 2.23. The predicted octanol–water partition coefficient (Wildman–Crippen LogP) is 2.58. The molecule has 1 saturated heterocycles. The van der Waals surface area contributed by atoms with Gasteiger partial charge in [0.15, 0.2) is 0 Å². The summed E-state index contributed by atoms with van der Waals surface area (Å²) in [6.45, 7) is 6.04. The normalized spacial score (nSPS) is 15.7. The third kappa shape index (κ3) is 3.55. The second kappa shape index (κ2) is 6.45. The summed E-state index contributed by atoms with van der Waals surface area (Å²) < 4.78 is 0. The zero-order chi connectivity index (χ0) is 19.1. The number of amides is 3. The first kappa shape index (κ1) is 17.9. The van der Waals surface area contributed by atoms with Crippen molar-refractivity contribution in [2.45, 2.75) is 26.3 Å². The molecule has 2 aromatic rings.